The molecule has 0 spiro atoms. The summed E-state index contributed by atoms with van der Waals surface area (Å²) >= 11 is 0. The summed E-state index contributed by atoms with van der Waals surface area (Å²) in [6, 6.07) is 10.4. The molecule has 0 radical (unpaired) electrons. The van der Waals surface area contributed by atoms with Crippen molar-refractivity contribution < 1.29 is 29.4 Å². The standard InChI is InChI=1S/C24H26N2O6/c1-3-15(23(29)30)21(25)19(27)11-13-9-10-14(18-8-6-5-7-17(13)18)12-20(28)22(26)16(4-2)24(31)32/h5-10,15-16,25-26H,3-4,11-12H2,1-2H3,(H,29,30)(H,31,32)/t15-,16-/m1/s1. The molecular formula is C24H26N2O6. The van der Waals surface area contributed by atoms with E-state index in [2.05, 4.69) is 0 Å². The minimum atomic E-state index is -1.21. The quantitative estimate of drug-likeness (QED) is 0.372. The number of Topliss-reactive ketones (excluding diaryl/α,β-unsaturated/α-hetero) is 2. The van der Waals surface area contributed by atoms with Crippen LogP contribution in [0.2, 0.25) is 0 Å². The molecule has 0 bridgehead atoms. The summed E-state index contributed by atoms with van der Waals surface area (Å²) in [6.07, 6.45) is -0.0142. The van der Waals surface area contributed by atoms with Gasteiger partial charge in [0, 0.05) is 12.8 Å². The highest BCUT2D eigenvalue weighted by Crippen LogP contribution is 2.25. The van der Waals surface area contributed by atoms with E-state index in [1.54, 1.807) is 50.2 Å². The molecule has 0 amide bonds. The fourth-order valence-corrected chi connectivity index (χ4v) is 3.66. The van der Waals surface area contributed by atoms with Crippen molar-refractivity contribution in [2.75, 3.05) is 0 Å². The zero-order valence-electron chi connectivity index (χ0n) is 18.0. The molecular weight excluding hydrogens is 412 g/mol. The minimum Gasteiger partial charge on any atom is -0.481 e. The van der Waals surface area contributed by atoms with Crippen LogP contribution in [0.15, 0.2) is 36.4 Å². The smallest absolute Gasteiger partial charge is 0.312 e. The van der Waals surface area contributed by atoms with E-state index in [1.807, 2.05) is 0 Å². The molecule has 0 aliphatic rings. The first-order valence-corrected chi connectivity index (χ1v) is 10.3. The van der Waals surface area contributed by atoms with Gasteiger partial charge >= 0.3 is 11.9 Å². The summed E-state index contributed by atoms with van der Waals surface area (Å²) in [7, 11) is 0. The maximum Gasteiger partial charge on any atom is 0.312 e. The number of carboxylic acids is 2. The van der Waals surface area contributed by atoms with E-state index in [0.29, 0.717) is 21.9 Å². The average molecular weight is 438 g/mol. The van der Waals surface area contributed by atoms with Gasteiger partial charge in [-0.15, -0.1) is 0 Å². The first kappa shape index (κ1) is 24.6. The van der Waals surface area contributed by atoms with Gasteiger partial charge in [-0.05, 0) is 34.7 Å². The van der Waals surface area contributed by atoms with Crippen LogP contribution in [-0.2, 0) is 32.0 Å². The molecule has 0 fully saturated rings. The van der Waals surface area contributed by atoms with Crippen molar-refractivity contribution in [1.82, 2.24) is 0 Å². The van der Waals surface area contributed by atoms with Crippen molar-refractivity contribution in [2.45, 2.75) is 39.5 Å². The molecule has 32 heavy (non-hydrogen) atoms. The molecule has 8 heteroatoms. The summed E-state index contributed by atoms with van der Waals surface area (Å²) < 4.78 is 0. The molecule has 0 unspecified atom stereocenters. The third-order valence-electron chi connectivity index (χ3n) is 5.52. The molecule has 0 saturated carbocycles. The molecule has 2 rings (SSSR count). The lowest BCUT2D eigenvalue weighted by Gasteiger charge is -2.14. The molecule has 2 aromatic rings. The largest absolute Gasteiger partial charge is 0.481 e. The summed E-state index contributed by atoms with van der Waals surface area (Å²) in [4.78, 5) is 47.7. The molecule has 168 valence electrons. The number of nitrogens with one attached hydrogen (secondary N) is 2. The number of carbonyl (C=O) groups is 4. The lowest BCUT2D eigenvalue weighted by molar-refractivity contribution is -0.140. The van der Waals surface area contributed by atoms with Crippen molar-refractivity contribution in [3.8, 4) is 0 Å². The highest BCUT2D eigenvalue weighted by molar-refractivity contribution is 6.43. The van der Waals surface area contributed by atoms with E-state index in [1.165, 1.54) is 0 Å². The van der Waals surface area contributed by atoms with Crippen LogP contribution in [0.5, 0.6) is 0 Å². The van der Waals surface area contributed by atoms with Crippen molar-refractivity contribution in [1.29, 1.82) is 10.8 Å². The van der Waals surface area contributed by atoms with Gasteiger partial charge < -0.3 is 21.0 Å². The second kappa shape index (κ2) is 10.6. The lowest BCUT2D eigenvalue weighted by atomic mass is 9.89. The van der Waals surface area contributed by atoms with Crippen LogP contribution >= 0.6 is 0 Å². The van der Waals surface area contributed by atoms with Crippen LogP contribution in [0.3, 0.4) is 0 Å². The molecule has 4 N–H and O–H groups in total. The van der Waals surface area contributed by atoms with Gasteiger partial charge in [-0.1, -0.05) is 50.2 Å². The predicted octanol–water partition coefficient (Wildman–Crippen LogP) is 3.32. The van der Waals surface area contributed by atoms with Crippen molar-refractivity contribution in [3.63, 3.8) is 0 Å². The Morgan fingerprint density at radius 1 is 0.719 bits per heavy atom. The number of rotatable bonds is 12. The fourth-order valence-electron chi connectivity index (χ4n) is 3.66. The van der Waals surface area contributed by atoms with Gasteiger partial charge in [-0.25, -0.2) is 0 Å². The number of hydrogen-bond donors (Lipinski definition) is 4. The number of benzene rings is 2. The molecule has 0 heterocycles. The Kier molecular flexibility index (Phi) is 8.12. The monoisotopic (exact) mass is 438 g/mol. The van der Waals surface area contributed by atoms with Crippen LogP contribution in [0, 0.1) is 22.7 Å². The molecule has 8 nitrogen and oxygen atoms in total. The molecule has 2 atom stereocenters. The van der Waals surface area contributed by atoms with E-state index >= 15 is 0 Å². The SMILES string of the molecule is CC[C@H](C(=N)C(=O)Cc1ccc(CC(=O)C(=N)[C@@H](CC)C(=O)O)c2ccccc12)C(=O)O. The van der Waals surface area contributed by atoms with E-state index < -0.39 is 46.8 Å². The van der Waals surface area contributed by atoms with E-state index in [4.69, 9.17) is 10.8 Å². The Hall–Kier alpha value is -3.68. The van der Waals surface area contributed by atoms with Crippen LogP contribution in [0.25, 0.3) is 10.8 Å². The first-order chi connectivity index (χ1) is 15.1. The fraction of sp³-hybridized carbons (Fsp3) is 0.333. The molecule has 0 aliphatic heterocycles. The Bertz CT molecular complexity index is 1020. The van der Waals surface area contributed by atoms with E-state index in [9.17, 15) is 29.4 Å². The highest BCUT2D eigenvalue weighted by atomic mass is 16.4. The number of carbonyl (C=O) groups excluding carboxylic acids is 2. The topological polar surface area (TPSA) is 156 Å². The predicted molar refractivity (Wildman–Crippen MR) is 120 cm³/mol. The normalized spacial score (nSPS) is 12.7. The van der Waals surface area contributed by atoms with Gasteiger partial charge in [-0.2, -0.15) is 0 Å². The van der Waals surface area contributed by atoms with Gasteiger partial charge in [0.25, 0.3) is 0 Å². The second-order valence-electron chi connectivity index (χ2n) is 7.55. The number of hydrogen-bond acceptors (Lipinski definition) is 6. The van der Waals surface area contributed by atoms with Crippen LogP contribution in [0.4, 0.5) is 0 Å². The van der Waals surface area contributed by atoms with Crippen LogP contribution in [-0.4, -0.2) is 45.1 Å². The lowest BCUT2D eigenvalue weighted by Crippen LogP contribution is -2.30. The number of carboxylic acid groups (broad SMARTS) is 2. The Morgan fingerprint density at radius 2 is 1.06 bits per heavy atom. The van der Waals surface area contributed by atoms with Crippen molar-refractivity contribution in [3.05, 3.63) is 47.5 Å². The summed E-state index contributed by atoms with van der Waals surface area (Å²) in [6.45, 7) is 3.21. The van der Waals surface area contributed by atoms with Crippen molar-refractivity contribution >= 4 is 45.7 Å². The minimum absolute atomic E-state index is 0.142. The average Bonchev–Trinajstić information content (AvgIpc) is 2.75. The Labute approximate surface area is 185 Å². The van der Waals surface area contributed by atoms with Gasteiger partial charge in [0.1, 0.15) is 11.8 Å². The summed E-state index contributed by atoms with van der Waals surface area (Å²) in [5.41, 5.74) is 0.296. The van der Waals surface area contributed by atoms with E-state index in [0.717, 1.165) is 0 Å². The third-order valence-corrected chi connectivity index (χ3v) is 5.52. The molecule has 2 aromatic carbocycles. The Balaban J connectivity index is 2.33. The third kappa shape index (κ3) is 5.32. The van der Waals surface area contributed by atoms with Gasteiger partial charge in [-0.3, -0.25) is 19.2 Å². The van der Waals surface area contributed by atoms with Crippen molar-refractivity contribution in [2.24, 2.45) is 11.8 Å². The van der Waals surface area contributed by atoms with Gasteiger partial charge in [0.15, 0.2) is 11.6 Å². The highest BCUT2D eigenvalue weighted by Gasteiger charge is 2.28. The summed E-state index contributed by atoms with van der Waals surface area (Å²) in [5.74, 6) is -5.89. The van der Waals surface area contributed by atoms with Gasteiger partial charge in [0.05, 0.1) is 11.4 Å². The zero-order valence-corrected chi connectivity index (χ0v) is 18.0. The maximum atomic E-state index is 12.6. The van der Waals surface area contributed by atoms with Crippen LogP contribution < -0.4 is 0 Å². The summed E-state index contributed by atoms with van der Waals surface area (Å²) in [5, 5.41) is 35.7. The van der Waals surface area contributed by atoms with Gasteiger partial charge in [0.2, 0.25) is 0 Å². The molecule has 0 aromatic heterocycles. The van der Waals surface area contributed by atoms with E-state index in [-0.39, 0.29) is 25.7 Å². The molecule has 0 saturated heterocycles. The number of aliphatic carboxylic acids is 2. The number of ketones is 2. The zero-order chi connectivity index (χ0) is 24.0. The van der Waals surface area contributed by atoms with Crippen LogP contribution in [0.1, 0.15) is 37.8 Å². The first-order valence-electron chi connectivity index (χ1n) is 10.3. The number of fused-ring (bicyclic) bond motifs is 1. The molecule has 0 aliphatic carbocycles. The maximum absolute atomic E-state index is 12.6. The second-order valence-corrected chi connectivity index (χ2v) is 7.55. The Morgan fingerprint density at radius 3 is 1.34 bits per heavy atom.